The van der Waals surface area contributed by atoms with Gasteiger partial charge in [0.1, 0.15) is 10.7 Å². The van der Waals surface area contributed by atoms with Crippen molar-refractivity contribution < 1.29 is 4.74 Å². The zero-order valence-corrected chi connectivity index (χ0v) is 11.1. The van der Waals surface area contributed by atoms with Gasteiger partial charge in [-0.15, -0.1) is 0 Å². The number of aromatic nitrogens is 3. The highest BCUT2D eigenvalue weighted by molar-refractivity contribution is 7.80. The molecule has 0 spiro atoms. The van der Waals surface area contributed by atoms with E-state index in [1.165, 1.54) is 0 Å². The second-order valence-corrected chi connectivity index (χ2v) is 4.13. The molecule has 0 aliphatic carbocycles. The number of nitrogens with one attached hydrogen (secondary N) is 1. The molecular formula is C12H13N5OS. The van der Waals surface area contributed by atoms with Crippen LogP contribution in [0.25, 0.3) is 0 Å². The van der Waals surface area contributed by atoms with Crippen LogP contribution < -0.4 is 15.8 Å². The van der Waals surface area contributed by atoms with Crippen LogP contribution in [-0.4, -0.2) is 27.1 Å². The summed E-state index contributed by atoms with van der Waals surface area (Å²) >= 11 is 4.87. The monoisotopic (exact) mass is 275 g/mol. The lowest BCUT2D eigenvalue weighted by atomic mass is 10.2. The van der Waals surface area contributed by atoms with Gasteiger partial charge < -0.3 is 15.8 Å². The number of nitrogens with two attached hydrogens (primary N) is 1. The van der Waals surface area contributed by atoms with Crippen molar-refractivity contribution in [3.63, 3.8) is 0 Å². The van der Waals surface area contributed by atoms with Crippen LogP contribution >= 0.6 is 12.2 Å². The van der Waals surface area contributed by atoms with E-state index in [-0.39, 0.29) is 4.99 Å². The maximum absolute atomic E-state index is 5.52. The molecule has 0 bridgehead atoms. The summed E-state index contributed by atoms with van der Waals surface area (Å²) in [6.07, 6.45) is 3.29. The van der Waals surface area contributed by atoms with Crippen molar-refractivity contribution in [3.05, 3.63) is 41.9 Å². The van der Waals surface area contributed by atoms with Gasteiger partial charge in [0, 0.05) is 25.0 Å². The Hall–Kier alpha value is -2.28. The molecular weight excluding hydrogens is 262 g/mol. The zero-order valence-electron chi connectivity index (χ0n) is 10.3. The van der Waals surface area contributed by atoms with E-state index in [9.17, 15) is 0 Å². The van der Waals surface area contributed by atoms with Crippen LogP contribution in [0, 0.1) is 0 Å². The molecule has 0 aromatic carbocycles. The fourth-order valence-corrected chi connectivity index (χ4v) is 1.55. The second-order valence-electron chi connectivity index (χ2n) is 3.69. The number of nitrogens with zero attached hydrogens (tertiary/aromatic N) is 3. The van der Waals surface area contributed by atoms with Gasteiger partial charge in [-0.05, 0) is 17.7 Å². The Balaban J connectivity index is 2.05. The number of anilines is 1. The normalized spacial score (nSPS) is 9.95. The summed E-state index contributed by atoms with van der Waals surface area (Å²) in [4.78, 5) is 12.6. The molecule has 2 rings (SSSR count). The molecule has 2 aromatic rings. The van der Waals surface area contributed by atoms with Gasteiger partial charge in [-0.2, -0.15) is 0 Å². The van der Waals surface area contributed by atoms with Gasteiger partial charge in [-0.25, -0.2) is 15.0 Å². The number of hydrogen-bond acceptors (Lipinski definition) is 6. The van der Waals surface area contributed by atoms with Gasteiger partial charge in [0.05, 0.1) is 7.11 Å². The molecule has 0 radical (unpaired) electrons. The lowest BCUT2D eigenvalue weighted by Crippen LogP contribution is -2.13. The van der Waals surface area contributed by atoms with Crippen molar-refractivity contribution in [2.24, 2.45) is 5.73 Å². The lowest BCUT2D eigenvalue weighted by molar-refractivity contribution is 0.397. The molecule has 6 nitrogen and oxygen atoms in total. The minimum atomic E-state index is 0.246. The molecule has 0 aliphatic heterocycles. The summed E-state index contributed by atoms with van der Waals surface area (Å²) in [6, 6.07) is 5.39. The molecule has 0 aliphatic rings. The van der Waals surface area contributed by atoms with E-state index < -0.39 is 0 Å². The molecule has 2 heterocycles. The average molecular weight is 275 g/mol. The first-order valence-corrected chi connectivity index (χ1v) is 5.95. The summed E-state index contributed by atoms with van der Waals surface area (Å²) in [7, 11) is 1.58. The molecule has 0 saturated heterocycles. The molecule has 2 aromatic heterocycles. The average Bonchev–Trinajstić information content (AvgIpc) is 2.45. The van der Waals surface area contributed by atoms with Gasteiger partial charge in [0.2, 0.25) is 11.8 Å². The number of hydrogen-bond donors (Lipinski definition) is 2. The maximum Gasteiger partial charge on any atom is 0.223 e. The third kappa shape index (κ3) is 3.59. The largest absolute Gasteiger partial charge is 0.481 e. The van der Waals surface area contributed by atoms with E-state index >= 15 is 0 Å². The lowest BCUT2D eigenvalue weighted by Gasteiger charge is -2.06. The minimum Gasteiger partial charge on any atom is -0.481 e. The third-order valence-corrected chi connectivity index (χ3v) is 2.58. The second kappa shape index (κ2) is 6.05. The first kappa shape index (κ1) is 13.2. The van der Waals surface area contributed by atoms with Crippen molar-refractivity contribution in [2.45, 2.75) is 6.54 Å². The first-order valence-electron chi connectivity index (χ1n) is 5.54. The Kier molecular flexibility index (Phi) is 4.19. The van der Waals surface area contributed by atoms with Crippen molar-refractivity contribution >= 4 is 23.2 Å². The van der Waals surface area contributed by atoms with E-state index in [0.717, 1.165) is 5.56 Å². The van der Waals surface area contributed by atoms with Crippen molar-refractivity contribution in [2.75, 3.05) is 12.4 Å². The van der Waals surface area contributed by atoms with E-state index in [1.807, 2.05) is 12.1 Å². The smallest absolute Gasteiger partial charge is 0.223 e. The Labute approximate surface area is 116 Å². The fraction of sp³-hybridized carbons (Fsp3) is 0.167. The fourth-order valence-electron chi connectivity index (χ4n) is 1.43. The van der Waals surface area contributed by atoms with Crippen LogP contribution in [0.1, 0.15) is 11.3 Å². The predicted octanol–water partition coefficient (Wildman–Crippen LogP) is 1.13. The summed E-state index contributed by atoms with van der Waals surface area (Å²) in [5, 5.41) is 3.09. The van der Waals surface area contributed by atoms with E-state index in [2.05, 4.69) is 20.3 Å². The quantitative estimate of drug-likeness (QED) is 0.791. The Morgan fingerprint density at radius 2 is 2.16 bits per heavy atom. The van der Waals surface area contributed by atoms with Crippen LogP contribution in [0.5, 0.6) is 5.88 Å². The van der Waals surface area contributed by atoms with Crippen molar-refractivity contribution in [1.29, 1.82) is 0 Å². The van der Waals surface area contributed by atoms with Crippen LogP contribution in [0.3, 0.4) is 0 Å². The summed E-state index contributed by atoms with van der Waals surface area (Å²) < 4.78 is 5.05. The number of methoxy groups -OCH3 is 1. The highest BCUT2D eigenvalue weighted by atomic mass is 32.1. The van der Waals surface area contributed by atoms with Crippen molar-refractivity contribution in [3.8, 4) is 5.88 Å². The van der Waals surface area contributed by atoms with Crippen LogP contribution in [0.4, 0.5) is 5.95 Å². The highest BCUT2D eigenvalue weighted by Crippen LogP contribution is 2.10. The first-order chi connectivity index (χ1) is 9.19. The van der Waals surface area contributed by atoms with E-state index in [0.29, 0.717) is 24.1 Å². The minimum absolute atomic E-state index is 0.246. The zero-order chi connectivity index (χ0) is 13.7. The Morgan fingerprint density at radius 1 is 1.37 bits per heavy atom. The summed E-state index contributed by atoms with van der Waals surface area (Å²) in [6.45, 7) is 0.555. The molecule has 0 amide bonds. The number of pyridine rings is 1. The SMILES string of the molecule is COc1cc(CNc2nccc(C(N)=S)n2)ccn1. The molecule has 19 heavy (non-hydrogen) atoms. The summed E-state index contributed by atoms with van der Waals surface area (Å²) in [5.74, 6) is 1.04. The van der Waals surface area contributed by atoms with Crippen molar-refractivity contribution in [1.82, 2.24) is 15.0 Å². The maximum atomic E-state index is 5.52. The van der Waals surface area contributed by atoms with E-state index in [1.54, 1.807) is 25.6 Å². The summed E-state index contributed by atoms with van der Waals surface area (Å²) in [5.41, 5.74) is 7.07. The number of ether oxygens (including phenoxy) is 1. The highest BCUT2D eigenvalue weighted by Gasteiger charge is 2.02. The van der Waals surface area contributed by atoms with Gasteiger partial charge in [-0.3, -0.25) is 0 Å². The molecule has 0 fully saturated rings. The van der Waals surface area contributed by atoms with Crippen LogP contribution in [-0.2, 0) is 6.54 Å². The topological polar surface area (TPSA) is 86.0 Å². The van der Waals surface area contributed by atoms with Gasteiger partial charge in [0.15, 0.2) is 0 Å². The van der Waals surface area contributed by atoms with Crippen LogP contribution in [0.15, 0.2) is 30.6 Å². The molecule has 98 valence electrons. The number of rotatable bonds is 5. The van der Waals surface area contributed by atoms with Gasteiger partial charge >= 0.3 is 0 Å². The molecule has 3 N–H and O–H groups in total. The van der Waals surface area contributed by atoms with Gasteiger partial charge in [0.25, 0.3) is 0 Å². The molecule has 0 saturated carbocycles. The molecule has 0 atom stereocenters. The number of thiocarbonyl (C=S) groups is 1. The Bertz CT molecular complexity index is 590. The third-order valence-electron chi connectivity index (χ3n) is 2.37. The standard InChI is InChI=1S/C12H13N5OS/c1-18-10-6-8(2-4-14-10)7-16-12-15-5-3-9(17-12)11(13)19/h2-6H,7H2,1H3,(H2,13,19)(H,15,16,17). The molecule has 7 heteroatoms. The predicted molar refractivity (Wildman–Crippen MR) is 76.0 cm³/mol. The van der Waals surface area contributed by atoms with E-state index in [4.69, 9.17) is 22.7 Å². The van der Waals surface area contributed by atoms with Gasteiger partial charge in [-0.1, -0.05) is 12.2 Å². The molecule has 0 unspecified atom stereocenters. The Morgan fingerprint density at radius 3 is 2.89 bits per heavy atom. The van der Waals surface area contributed by atoms with Crippen LogP contribution in [0.2, 0.25) is 0 Å².